The number of rotatable bonds is 2. The molecule has 2 aromatic rings. The minimum absolute atomic E-state index is 0.0867. The van der Waals surface area contributed by atoms with Crippen molar-refractivity contribution >= 4 is 16.8 Å². The van der Waals surface area contributed by atoms with Gasteiger partial charge in [-0.05, 0) is 36.8 Å². The van der Waals surface area contributed by atoms with E-state index >= 15 is 0 Å². The van der Waals surface area contributed by atoms with Crippen LogP contribution in [0.4, 0.5) is 0 Å². The number of para-hydroxylation sites is 1. The van der Waals surface area contributed by atoms with Gasteiger partial charge in [-0.2, -0.15) is 0 Å². The predicted molar refractivity (Wildman–Crippen MR) is 81.0 cm³/mol. The van der Waals surface area contributed by atoms with Crippen LogP contribution in [-0.2, 0) is 0 Å². The number of hydrogen-bond acceptors (Lipinski definition) is 2. The molecule has 0 amide bonds. The van der Waals surface area contributed by atoms with E-state index in [1.807, 2.05) is 31.2 Å². The number of carbonyl (C=O) groups is 1. The van der Waals surface area contributed by atoms with E-state index in [0.717, 1.165) is 35.8 Å². The molecule has 1 aromatic heterocycles. The number of ketones is 1. The van der Waals surface area contributed by atoms with Crippen LogP contribution in [-0.4, -0.2) is 5.78 Å². The highest BCUT2D eigenvalue weighted by Crippen LogP contribution is 2.42. The van der Waals surface area contributed by atoms with Crippen LogP contribution in [0.1, 0.15) is 55.6 Å². The second-order valence-electron chi connectivity index (χ2n) is 6.76. The Labute approximate surface area is 120 Å². The Balaban J connectivity index is 1.98. The van der Waals surface area contributed by atoms with Crippen LogP contribution in [0.5, 0.6) is 0 Å². The van der Waals surface area contributed by atoms with Crippen molar-refractivity contribution in [3.05, 3.63) is 35.6 Å². The van der Waals surface area contributed by atoms with Crippen LogP contribution in [0.2, 0.25) is 0 Å². The van der Waals surface area contributed by atoms with Crippen molar-refractivity contribution in [1.29, 1.82) is 0 Å². The lowest BCUT2D eigenvalue weighted by atomic mass is 9.67. The van der Waals surface area contributed by atoms with Crippen molar-refractivity contribution in [2.75, 3.05) is 0 Å². The summed E-state index contributed by atoms with van der Waals surface area (Å²) < 4.78 is 5.86. The van der Waals surface area contributed by atoms with E-state index < -0.39 is 0 Å². The quantitative estimate of drug-likeness (QED) is 0.707. The van der Waals surface area contributed by atoms with Gasteiger partial charge in [-0.25, -0.2) is 0 Å². The Bertz CT molecular complexity index is 648. The summed E-state index contributed by atoms with van der Waals surface area (Å²) >= 11 is 0. The van der Waals surface area contributed by atoms with Crippen LogP contribution in [0.15, 0.2) is 28.7 Å². The molecule has 2 heteroatoms. The van der Waals surface area contributed by atoms with Crippen molar-refractivity contribution in [2.45, 2.75) is 46.5 Å². The van der Waals surface area contributed by atoms with Gasteiger partial charge in [-0.1, -0.05) is 44.9 Å². The topological polar surface area (TPSA) is 30.2 Å². The molecule has 2 nitrogen and oxygen atoms in total. The number of aryl methyl sites for hydroxylation is 1. The smallest absolute Gasteiger partial charge is 0.201 e. The number of benzene rings is 1. The number of carbonyl (C=O) groups excluding carboxylic acids is 1. The number of hydrogen-bond donors (Lipinski definition) is 0. The van der Waals surface area contributed by atoms with E-state index in [1.165, 1.54) is 6.42 Å². The Hall–Kier alpha value is -1.57. The van der Waals surface area contributed by atoms with Crippen LogP contribution in [0, 0.1) is 18.3 Å². The number of furan rings is 1. The molecule has 0 aliphatic heterocycles. The van der Waals surface area contributed by atoms with Crippen molar-refractivity contribution in [3.8, 4) is 0 Å². The molecular formula is C18H22O2. The van der Waals surface area contributed by atoms with Crippen molar-refractivity contribution in [2.24, 2.45) is 11.3 Å². The summed E-state index contributed by atoms with van der Waals surface area (Å²) in [5, 5.41) is 1.03. The zero-order chi connectivity index (χ0) is 14.3. The average Bonchev–Trinajstić information content (AvgIpc) is 2.83. The maximum atomic E-state index is 12.8. The molecule has 0 spiro atoms. The Morgan fingerprint density at radius 1 is 1.30 bits per heavy atom. The van der Waals surface area contributed by atoms with Crippen molar-refractivity contribution in [3.63, 3.8) is 0 Å². The first kappa shape index (κ1) is 13.4. The van der Waals surface area contributed by atoms with Gasteiger partial charge < -0.3 is 4.42 Å². The lowest BCUT2D eigenvalue weighted by Gasteiger charge is -2.37. The maximum Gasteiger partial charge on any atom is 0.201 e. The Morgan fingerprint density at radius 2 is 2.10 bits per heavy atom. The standard InChI is InChI=1S/C18H22O2/c1-12-7-6-8-13-11-15(20-17(12)13)16(19)14-9-4-5-10-18(14,2)3/h6-8,11,14H,4-5,9-10H2,1-3H3. The fraction of sp³-hybridized carbons (Fsp3) is 0.500. The maximum absolute atomic E-state index is 12.8. The molecule has 1 aliphatic carbocycles. The number of fused-ring (bicyclic) bond motifs is 1. The Kier molecular flexibility index (Phi) is 3.19. The minimum atomic E-state index is 0.0867. The molecule has 0 radical (unpaired) electrons. The molecular weight excluding hydrogens is 248 g/mol. The van der Waals surface area contributed by atoms with Gasteiger partial charge in [0.1, 0.15) is 5.58 Å². The van der Waals surface area contributed by atoms with Gasteiger partial charge in [-0.15, -0.1) is 0 Å². The summed E-state index contributed by atoms with van der Waals surface area (Å²) in [7, 11) is 0. The first-order valence-corrected chi connectivity index (χ1v) is 7.52. The summed E-state index contributed by atoms with van der Waals surface area (Å²) in [6.07, 6.45) is 4.50. The summed E-state index contributed by atoms with van der Waals surface area (Å²) in [4.78, 5) is 12.8. The molecule has 1 heterocycles. The molecule has 20 heavy (non-hydrogen) atoms. The summed E-state index contributed by atoms with van der Waals surface area (Å²) in [5.41, 5.74) is 2.03. The van der Waals surface area contributed by atoms with Crippen LogP contribution < -0.4 is 0 Å². The third-order valence-electron chi connectivity index (χ3n) is 4.81. The van der Waals surface area contributed by atoms with E-state index in [1.54, 1.807) is 0 Å². The molecule has 1 aliphatic rings. The van der Waals surface area contributed by atoms with Gasteiger partial charge >= 0.3 is 0 Å². The van der Waals surface area contributed by atoms with Gasteiger partial charge in [0, 0.05) is 11.3 Å². The van der Waals surface area contributed by atoms with Gasteiger partial charge in [-0.3, -0.25) is 4.79 Å². The molecule has 3 rings (SSSR count). The second-order valence-corrected chi connectivity index (χ2v) is 6.76. The van der Waals surface area contributed by atoms with Crippen LogP contribution in [0.25, 0.3) is 11.0 Å². The van der Waals surface area contributed by atoms with Gasteiger partial charge in [0.15, 0.2) is 5.76 Å². The molecule has 0 saturated heterocycles. The second kappa shape index (κ2) is 4.76. The molecule has 106 valence electrons. The molecule has 0 N–H and O–H groups in total. The summed E-state index contributed by atoms with van der Waals surface area (Å²) in [6, 6.07) is 7.95. The van der Waals surface area contributed by atoms with E-state index in [-0.39, 0.29) is 17.1 Å². The van der Waals surface area contributed by atoms with E-state index in [2.05, 4.69) is 13.8 Å². The minimum Gasteiger partial charge on any atom is -0.453 e. The highest BCUT2D eigenvalue weighted by atomic mass is 16.3. The normalized spacial score (nSPS) is 22.1. The van der Waals surface area contributed by atoms with Gasteiger partial charge in [0.25, 0.3) is 0 Å². The van der Waals surface area contributed by atoms with E-state index in [0.29, 0.717) is 5.76 Å². The largest absolute Gasteiger partial charge is 0.453 e. The first-order valence-electron chi connectivity index (χ1n) is 7.52. The lowest BCUT2D eigenvalue weighted by Crippen LogP contribution is -2.33. The van der Waals surface area contributed by atoms with Crippen molar-refractivity contribution < 1.29 is 9.21 Å². The van der Waals surface area contributed by atoms with Gasteiger partial charge in [0.2, 0.25) is 5.78 Å². The lowest BCUT2D eigenvalue weighted by molar-refractivity contribution is 0.0670. The fourth-order valence-corrected chi connectivity index (χ4v) is 3.48. The summed E-state index contributed by atoms with van der Waals surface area (Å²) in [5.74, 6) is 0.816. The van der Waals surface area contributed by atoms with E-state index in [4.69, 9.17) is 4.42 Å². The molecule has 0 bridgehead atoms. The van der Waals surface area contributed by atoms with Crippen LogP contribution in [0.3, 0.4) is 0 Å². The third-order valence-corrected chi connectivity index (χ3v) is 4.81. The SMILES string of the molecule is Cc1cccc2cc(C(=O)C3CCCCC3(C)C)oc12. The molecule has 1 atom stereocenters. The average molecular weight is 270 g/mol. The summed E-state index contributed by atoms with van der Waals surface area (Å²) in [6.45, 7) is 6.44. The third kappa shape index (κ3) is 2.17. The molecule has 1 saturated carbocycles. The zero-order valence-corrected chi connectivity index (χ0v) is 12.5. The van der Waals surface area contributed by atoms with E-state index in [9.17, 15) is 4.79 Å². The highest BCUT2D eigenvalue weighted by molar-refractivity contribution is 5.99. The number of Topliss-reactive ketones (excluding diaryl/α,β-unsaturated/α-hetero) is 1. The molecule has 1 fully saturated rings. The fourth-order valence-electron chi connectivity index (χ4n) is 3.48. The first-order chi connectivity index (χ1) is 9.49. The monoisotopic (exact) mass is 270 g/mol. The predicted octanol–water partition coefficient (Wildman–Crippen LogP) is 5.14. The highest BCUT2D eigenvalue weighted by Gasteiger charge is 2.38. The van der Waals surface area contributed by atoms with Crippen molar-refractivity contribution in [1.82, 2.24) is 0 Å². The van der Waals surface area contributed by atoms with Gasteiger partial charge in [0.05, 0.1) is 0 Å². The Morgan fingerprint density at radius 3 is 2.80 bits per heavy atom. The molecule has 1 aromatic carbocycles. The van der Waals surface area contributed by atoms with Crippen LogP contribution >= 0.6 is 0 Å². The molecule has 1 unspecified atom stereocenters. The zero-order valence-electron chi connectivity index (χ0n) is 12.5.